The minimum atomic E-state index is -0.797. The SMILES string of the molecule is COCCc1nnc(C)n1C1(C(=O)O)CC1. The number of methoxy groups -OCH3 is 1. The lowest BCUT2D eigenvalue weighted by atomic mass is 10.2. The lowest BCUT2D eigenvalue weighted by Gasteiger charge is -2.15. The molecule has 16 heavy (non-hydrogen) atoms. The summed E-state index contributed by atoms with van der Waals surface area (Å²) >= 11 is 0. The van der Waals surface area contributed by atoms with E-state index in [0.717, 1.165) is 0 Å². The summed E-state index contributed by atoms with van der Waals surface area (Å²) in [6, 6.07) is 0. The fourth-order valence-corrected chi connectivity index (χ4v) is 1.97. The summed E-state index contributed by atoms with van der Waals surface area (Å²) in [5.41, 5.74) is -0.795. The maximum atomic E-state index is 11.3. The average Bonchev–Trinajstić information content (AvgIpc) is 2.96. The molecule has 88 valence electrons. The number of aryl methyl sites for hydroxylation is 1. The molecule has 1 aliphatic carbocycles. The standard InChI is InChI=1S/C10H15N3O3/c1-7-11-12-8(3-6-16-2)13(7)10(4-5-10)9(14)15/h3-6H2,1-2H3,(H,14,15). The van der Waals surface area contributed by atoms with E-state index in [0.29, 0.717) is 37.5 Å². The van der Waals surface area contributed by atoms with E-state index in [1.54, 1.807) is 18.6 Å². The van der Waals surface area contributed by atoms with Gasteiger partial charge in [-0.05, 0) is 19.8 Å². The monoisotopic (exact) mass is 225 g/mol. The van der Waals surface area contributed by atoms with Crippen LogP contribution in [0.15, 0.2) is 0 Å². The van der Waals surface area contributed by atoms with Gasteiger partial charge in [-0.15, -0.1) is 10.2 Å². The summed E-state index contributed by atoms with van der Waals surface area (Å²) < 4.78 is 6.72. The molecule has 0 aliphatic heterocycles. The molecule has 0 radical (unpaired) electrons. The number of aromatic nitrogens is 3. The Hall–Kier alpha value is -1.43. The summed E-state index contributed by atoms with van der Waals surface area (Å²) in [5, 5.41) is 17.2. The average molecular weight is 225 g/mol. The first kappa shape index (κ1) is 11.1. The van der Waals surface area contributed by atoms with Gasteiger partial charge in [-0.1, -0.05) is 0 Å². The Kier molecular flexibility index (Phi) is 2.67. The molecule has 0 amide bonds. The minimum Gasteiger partial charge on any atom is -0.479 e. The van der Waals surface area contributed by atoms with Crippen molar-refractivity contribution in [2.45, 2.75) is 31.7 Å². The number of aliphatic carboxylic acids is 1. The predicted molar refractivity (Wildman–Crippen MR) is 55.2 cm³/mol. The maximum absolute atomic E-state index is 11.3. The molecular formula is C10H15N3O3. The van der Waals surface area contributed by atoms with E-state index in [2.05, 4.69) is 10.2 Å². The van der Waals surface area contributed by atoms with Crippen LogP contribution in [0.5, 0.6) is 0 Å². The Morgan fingerprint density at radius 3 is 2.75 bits per heavy atom. The number of rotatable bonds is 5. The molecule has 6 heteroatoms. The van der Waals surface area contributed by atoms with Crippen LogP contribution in [0.25, 0.3) is 0 Å². The van der Waals surface area contributed by atoms with Crippen LogP contribution in [0.3, 0.4) is 0 Å². The highest BCUT2D eigenvalue weighted by molar-refractivity contribution is 5.80. The van der Waals surface area contributed by atoms with Crippen molar-refractivity contribution in [1.29, 1.82) is 0 Å². The smallest absolute Gasteiger partial charge is 0.329 e. The van der Waals surface area contributed by atoms with Crippen molar-refractivity contribution in [1.82, 2.24) is 14.8 Å². The molecule has 1 aromatic rings. The zero-order valence-corrected chi connectivity index (χ0v) is 9.43. The number of hydrogen-bond donors (Lipinski definition) is 1. The highest BCUT2D eigenvalue weighted by atomic mass is 16.5. The summed E-state index contributed by atoms with van der Waals surface area (Å²) in [6.45, 7) is 2.31. The summed E-state index contributed by atoms with van der Waals surface area (Å²) in [6.07, 6.45) is 1.90. The van der Waals surface area contributed by atoms with Crippen LogP contribution in [0.1, 0.15) is 24.5 Å². The molecule has 0 unspecified atom stereocenters. The first-order chi connectivity index (χ1) is 7.62. The molecule has 1 heterocycles. The molecule has 1 N–H and O–H groups in total. The second-order valence-electron chi connectivity index (χ2n) is 4.08. The quantitative estimate of drug-likeness (QED) is 0.782. The lowest BCUT2D eigenvalue weighted by Crippen LogP contribution is -2.30. The van der Waals surface area contributed by atoms with Gasteiger partial charge in [0.15, 0.2) is 0 Å². The van der Waals surface area contributed by atoms with E-state index in [1.807, 2.05) is 0 Å². The third-order valence-corrected chi connectivity index (χ3v) is 2.97. The first-order valence-electron chi connectivity index (χ1n) is 5.25. The molecule has 2 rings (SSSR count). The van der Waals surface area contributed by atoms with Gasteiger partial charge in [-0.2, -0.15) is 0 Å². The molecule has 1 aromatic heterocycles. The van der Waals surface area contributed by atoms with E-state index >= 15 is 0 Å². The minimum absolute atomic E-state index is 0.522. The predicted octanol–water partition coefficient (Wildman–Crippen LogP) is 0.349. The Morgan fingerprint density at radius 1 is 1.56 bits per heavy atom. The molecule has 0 saturated heterocycles. The van der Waals surface area contributed by atoms with Crippen LogP contribution in [0, 0.1) is 6.92 Å². The second-order valence-corrected chi connectivity index (χ2v) is 4.08. The van der Waals surface area contributed by atoms with Crippen LogP contribution in [-0.4, -0.2) is 39.6 Å². The van der Waals surface area contributed by atoms with Crippen molar-refractivity contribution in [3.05, 3.63) is 11.6 Å². The number of carbonyl (C=O) groups is 1. The molecule has 1 aliphatic rings. The number of hydrogen-bond acceptors (Lipinski definition) is 4. The van der Waals surface area contributed by atoms with Crippen LogP contribution in [-0.2, 0) is 21.5 Å². The van der Waals surface area contributed by atoms with Crippen molar-refractivity contribution in [2.75, 3.05) is 13.7 Å². The van der Waals surface area contributed by atoms with E-state index in [-0.39, 0.29) is 0 Å². The Morgan fingerprint density at radius 2 is 2.25 bits per heavy atom. The van der Waals surface area contributed by atoms with Crippen molar-refractivity contribution in [3.63, 3.8) is 0 Å². The molecule has 6 nitrogen and oxygen atoms in total. The van der Waals surface area contributed by atoms with Gasteiger partial charge in [-0.25, -0.2) is 4.79 Å². The van der Waals surface area contributed by atoms with Gasteiger partial charge >= 0.3 is 5.97 Å². The van der Waals surface area contributed by atoms with E-state index in [4.69, 9.17) is 4.74 Å². The molecule has 1 saturated carbocycles. The largest absolute Gasteiger partial charge is 0.479 e. The van der Waals surface area contributed by atoms with Crippen molar-refractivity contribution in [2.24, 2.45) is 0 Å². The van der Waals surface area contributed by atoms with Crippen LogP contribution in [0.2, 0.25) is 0 Å². The third kappa shape index (κ3) is 1.59. The van der Waals surface area contributed by atoms with Crippen LogP contribution >= 0.6 is 0 Å². The van der Waals surface area contributed by atoms with Gasteiger partial charge in [0.25, 0.3) is 0 Å². The number of carboxylic acid groups (broad SMARTS) is 1. The summed E-state index contributed by atoms with van der Waals surface area (Å²) in [4.78, 5) is 11.3. The molecule has 1 fully saturated rings. The Bertz CT molecular complexity index is 409. The molecule has 0 aromatic carbocycles. The van der Waals surface area contributed by atoms with E-state index in [1.165, 1.54) is 0 Å². The lowest BCUT2D eigenvalue weighted by molar-refractivity contribution is -0.142. The Balaban J connectivity index is 2.32. The van der Waals surface area contributed by atoms with Crippen molar-refractivity contribution >= 4 is 5.97 Å². The molecule has 0 atom stereocenters. The van der Waals surface area contributed by atoms with Gasteiger partial charge in [0, 0.05) is 13.5 Å². The first-order valence-corrected chi connectivity index (χ1v) is 5.25. The van der Waals surface area contributed by atoms with E-state index in [9.17, 15) is 9.90 Å². The maximum Gasteiger partial charge on any atom is 0.329 e. The fraction of sp³-hybridized carbons (Fsp3) is 0.700. The van der Waals surface area contributed by atoms with Crippen molar-refractivity contribution in [3.8, 4) is 0 Å². The van der Waals surface area contributed by atoms with Gasteiger partial charge in [0.2, 0.25) is 0 Å². The highest BCUT2D eigenvalue weighted by Crippen LogP contribution is 2.45. The number of carboxylic acids is 1. The van der Waals surface area contributed by atoms with Gasteiger partial charge < -0.3 is 9.84 Å². The normalized spacial score (nSPS) is 17.4. The summed E-state index contributed by atoms with van der Waals surface area (Å²) in [5.74, 6) is 0.555. The number of nitrogens with zero attached hydrogens (tertiary/aromatic N) is 3. The zero-order chi connectivity index (χ0) is 11.8. The van der Waals surface area contributed by atoms with E-state index < -0.39 is 11.5 Å². The van der Waals surface area contributed by atoms with Crippen LogP contribution in [0.4, 0.5) is 0 Å². The van der Waals surface area contributed by atoms with Crippen LogP contribution < -0.4 is 0 Å². The molecular weight excluding hydrogens is 210 g/mol. The van der Waals surface area contributed by atoms with Gasteiger partial charge in [0.05, 0.1) is 6.61 Å². The fourth-order valence-electron chi connectivity index (χ4n) is 1.97. The molecule has 0 bridgehead atoms. The second kappa shape index (κ2) is 3.86. The zero-order valence-electron chi connectivity index (χ0n) is 9.43. The topological polar surface area (TPSA) is 77.2 Å². The number of ether oxygens (including phenoxy) is 1. The highest BCUT2D eigenvalue weighted by Gasteiger charge is 2.54. The van der Waals surface area contributed by atoms with Gasteiger partial charge in [-0.3, -0.25) is 4.57 Å². The molecule has 0 spiro atoms. The van der Waals surface area contributed by atoms with Crippen molar-refractivity contribution < 1.29 is 14.6 Å². The van der Waals surface area contributed by atoms with Gasteiger partial charge in [0.1, 0.15) is 17.2 Å². The Labute approximate surface area is 93.2 Å². The third-order valence-electron chi connectivity index (χ3n) is 2.97. The summed E-state index contributed by atoms with van der Waals surface area (Å²) in [7, 11) is 1.61.